The van der Waals surface area contributed by atoms with Crippen LogP contribution in [0.2, 0.25) is 0 Å². The summed E-state index contributed by atoms with van der Waals surface area (Å²) in [6, 6.07) is 8.57. The number of aryl methyl sites for hydroxylation is 1. The van der Waals surface area contributed by atoms with Crippen LogP contribution in [0.1, 0.15) is 23.0 Å². The van der Waals surface area contributed by atoms with Gasteiger partial charge in [0.1, 0.15) is 17.4 Å². The highest BCUT2D eigenvalue weighted by molar-refractivity contribution is 6.04. The number of alkyl halides is 5. The summed E-state index contributed by atoms with van der Waals surface area (Å²) in [5.41, 5.74) is 5.22. The maximum atomic E-state index is 12.9. The quantitative estimate of drug-likeness (QED) is 0.575. The highest BCUT2D eigenvalue weighted by Crippen LogP contribution is 2.33. The number of benzene rings is 1. The lowest BCUT2D eigenvalue weighted by molar-refractivity contribution is -0.159. The molecule has 3 rings (SSSR count). The maximum Gasteiger partial charge on any atom is 0.435 e. The third-order valence-corrected chi connectivity index (χ3v) is 4.03. The predicted octanol–water partition coefficient (Wildman–Crippen LogP) is 4.33. The van der Waals surface area contributed by atoms with E-state index in [1.165, 1.54) is 43.4 Å². The largest absolute Gasteiger partial charge is 0.435 e. The van der Waals surface area contributed by atoms with Crippen molar-refractivity contribution in [3.8, 4) is 17.0 Å². The van der Waals surface area contributed by atoms with Crippen molar-refractivity contribution >= 4 is 17.5 Å². The van der Waals surface area contributed by atoms with Crippen LogP contribution in [0, 0.1) is 0 Å². The lowest BCUT2D eigenvalue weighted by Crippen LogP contribution is -2.19. The number of hydrogen-bond donors (Lipinski definition) is 2. The number of carbonyl (C=O) groups is 1. The van der Waals surface area contributed by atoms with Gasteiger partial charge in [-0.2, -0.15) is 27.1 Å². The minimum Gasteiger partial charge on any atom is -0.433 e. The normalized spacial score (nSPS) is 12.0. The van der Waals surface area contributed by atoms with Crippen LogP contribution in [0.5, 0.6) is 5.75 Å². The van der Waals surface area contributed by atoms with E-state index in [9.17, 15) is 26.7 Å². The lowest BCUT2D eigenvalue weighted by atomic mass is 10.1. The van der Waals surface area contributed by atoms with Crippen molar-refractivity contribution in [2.75, 3.05) is 11.1 Å². The van der Waals surface area contributed by atoms with Gasteiger partial charge in [-0.25, -0.2) is 4.98 Å². The van der Waals surface area contributed by atoms with E-state index in [0.29, 0.717) is 6.92 Å². The molecule has 2 heterocycles. The molecule has 3 N–H and O–H groups in total. The van der Waals surface area contributed by atoms with Gasteiger partial charge in [0.05, 0.1) is 5.69 Å². The number of nitrogens with two attached hydrogens (primary N) is 1. The van der Waals surface area contributed by atoms with E-state index >= 15 is 0 Å². The molecule has 2 aromatic heterocycles. The smallest absolute Gasteiger partial charge is 0.433 e. The van der Waals surface area contributed by atoms with Crippen LogP contribution in [-0.2, 0) is 13.2 Å². The van der Waals surface area contributed by atoms with Crippen molar-refractivity contribution in [1.82, 2.24) is 14.8 Å². The summed E-state index contributed by atoms with van der Waals surface area (Å²) in [6.07, 6.45) is -7.97. The maximum absolute atomic E-state index is 12.9. The fraction of sp³-hybridized carbons (Fsp3) is 0.211. The third kappa shape index (κ3) is 5.27. The molecule has 0 atom stereocenters. The molecule has 0 spiro atoms. The fourth-order valence-corrected chi connectivity index (χ4v) is 2.69. The molecule has 0 fully saturated rings. The Labute approximate surface area is 172 Å². The summed E-state index contributed by atoms with van der Waals surface area (Å²) in [4.78, 5) is 16.3. The lowest BCUT2D eigenvalue weighted by Gasteiger charge is -2.13. The van der Waals surface area contributed by atoms with Gasteiger partial charge < -0.3 is 15.8 Å². The average Bonchev–Trinajstić information content (AvgIpc) is 3.03. The zero-order valence-corrected chi connectivity index (χ0v) is 16.2. The molecule has 164 valence electrons. The first kappa shape index (κ1) is 22.0. The molecule has 0 saturated carbocycles. The molecule has 31 heavy (non-hydrogen) atoms. The van der Waals surface area contributed by atoms with Crippen molar-refractivity contribution in [2.45, 2.75) is 19.2 Å². The Morgan fingerprint density at radius 3 is 2.26 bits per heavy atom. The molecule has 7 nitrogen and oxygen atoms in total. The van der Waals surface area contributed by atoms with Gasteiger partial charge in [-0.05, 0) is 42.5 Å². The van der Waals surface area contributed by atoms with E-state index in [4.69, 9.17) is 5.73 Å². The van der Waals surface area contributed by atoms with Gasteiger partial charge in [0.25, 0.3) is 5.91 Å². The van der Waals surface area contributed by atoms with E-state index in [1.807, 2.05) is 0 Å². The Hall–Kier alpha value is -3.70. The number of pyridine rings is 1. The van der Waals surface area contributed by atoms with Gasteiger partial charge in [0, 0.05) is 25.1 Å². The van der Waals surface area contributed by atoms with E-state index in [1.54, 1.807) is 0 Å². The highest BCUT2D eigenvalue weighted by Gasteiger charge is 2.35. The van der Waals surface area contributed by atoms with Crippen LogP contribution in [0.25, 0.3) is 11.3 Å². The second-order valence-corrected chi connectivity index (χ2v) is 6.55. The first-order valence-corrected chi connectivity index (χ1v) is 8.70. The molecule has 0 aliphatic heterocycles. The number of rotatable bonds is 5. The Morgan fingerprint density at radius 1 is 1.10 bits per heavy atom. The van der Waals surface area contributed by atoms with Gasteiger partial charge in [-0.1, -0.05) is 0 Å². The number of anilines is 2. The predicted molar refractivity (Wildman–Crippen MR) is 101 cm³/mol. The van der Waals surface area contributed by atoms with Crippen LogP contribution in [0.3, 0.4) is 0 Å². The molecule has 0 aliphatic rings. The van der Waals surface area contributed by atoms with Crippen LogP contribution >= 0.6 is 0 Å². The first-order valence-electron chi connectivity index (χ1n) is 8.70. The van der Waals surface area contributed by atoms with Crippen molar-refractivity contribution in [2.24, 2.45) is 7.05 Å². The van der Waals surface area contributed by atoms with Gasteiger partial charge in [-0.3, -0.25) is 9.48 Å². The number of carbonyl (C=O) groups excluding carboxylic acids is 1. The van der Waals surface area contributed by atoms with Gasteiger partial charge >= 0.3 is 12.3 Å². The number of amides is 1. The molecule has 12 heteroatoms. The van der Waals surface area contributed by atoms with Crippen molar-refractivity contribution < 1.29 is 31.5 Å². The number of aromatic nitrogens is 3. The Kier molecular flexibility index (Phi) is 5.57. The molecular formula is C19H16F5N5O2. The Balaban J connectivity index is 1.76. The fourth-order valence-electron chi connectivity index (χ4n) is 2.69. The second-order valence-electron chi connectivity index (χ2n) is 6.55. The summed E-state index contributed by atoms with van der Waals surface area (Å²) in [5.74, 6) is -0.798. The number of nitrogens with one attached hydrogen (secondary N) is 1. The van der Waals surface area contributed by atoms with E-state index in [2.05, 4.69) is 20.1 Å². The number of nitrogen functional groups attached to an aromatic ring is 1. The summed E-state index contributed by atoms with van der Waals surface area (Å²) >= 11 is 0. The van der Waals surface area contributed by atoms with Gasteiger partial charge in [-0.15, -0.1) is 0 Å². The van der Waals surface area contributed by atoms with Gasteiger partial charge in [0.2, 0.25) is 0 Å². The minimum atomic E-state index is -4.61. The third-order valence-electron chi connectivity index (χ3n) is 4.03. The minimum absolute atomic E-state index is 0.0462. The number of nitrogens with zero attached hydrogens (tertiary/aromatic N) is 3. The SMILES string of the molecule is Cn1nc(C(F)(F)F)cc1-c1ccc(NC(=O)c2ccc(OC(C)(F)F)cc2)nc1N. The zero-order valence-electron chi connectivity index (χ0n) is 16.2. The summed E-state index contributed by atoms with van der Waals surface area (Å²) in [5, 5.41) is 5.89. The first-order chi connectivity index (χ1) is 14.3. The standard InChI is InChI=1S/C19H16F5N5O2/c1-18(20,21)31-11-5-3-10(4-6-11)17(30)27-15-8-7-12(16(25)26-15)13-9-14(19(22,23)24)28-29(13)2/h3-9H,1-2H3,(H3,25,26,27,30). The number of halogens is 5. The van der Waals surface area contributed by atoms with E-state index < -0.39 is 23.9 Å². The summed E-state index contributed by atoms with van der Waals surface area (Å²) in [7, 11) is 1.33. The molecule has 0 saturated heterocycles. The number of ether oxygens (including phenoxy) is 1. The average molecular weight is 441 g/mol. The molecule has 0 radical (unpaired) electrons. The second kappa shape index (κ2) is 7.85. The van der Waals surface area contributed by atoms with E-state index in [-0.39, 0.29) is 34.2 Å². The summed E-state index contributed by atoms with van der Waals surface area (Å²) in [6.45, 7) is 0.586. The van der Waals surface area contributed by atoms with Crippen molar-refractivity contribution in [3.05, 3.63) is 53.7 Å². The molecule has 3 aromatic rings. The molecule has 1 aromatic carbocycles. The number of hydrogen-bond acceptors (Lipinski definition) is 5. The van der Waals surface area contributed by atoms with Crippen LogP contribution in [0.4, 0.5) is 33.6 Å². The van der Waals surface area contributed by atoms with Crippen LogP contribution in [-0.4, -0.2) is 26.8 Å². The zero-order chi connectivity index (χ0) is 23.0. The Bertz CT molecular complexity index is 1100. The molecule has 0 aliphatic carbocycles. The highest BCUT2D eigenvalue weighted by atomic mass is 19.4. The van der Waals surface area contributed by atoms with Crippen LogP contribution < -0.4 is 15.8 Å². The molecular weight excluding hydrogens is 425 g/mol. The van der Waals surface area contributed by atoms with Crippen LogP contribution in [0.15, 0.2) is 42.5 Å². The molecule has 0 unspecified atom stereocenters. The van der Waals surface area contributed by atoms with E-state index in [0.717, 1.165) is 10.7 Å². The summed E-state index contributed by atoms with van der Waals surface area (Å²) < 4.78 is 69.7. The molecule has 1 amide bonds. The monoisotopic (exact) mass is 441 g/mol. The van der Waals surface area contributed by atoms with Crippen molar-refractivity contribution in [1.29, 1.82) is 0 Å². The topological polar surface area (TPSA) is 95.1 Å². The molecule has 0 bridgehead atoms. The van der Waals surface area contributed by atoms with Gasteiger partial charge in [0.15, 0.2) is 5.69 Å². The Morgan fingerprint density at radius 2 is 1.74 bits per heavy atom. The van der Waals surface area contributed by atoms with Crippen molar-refractivity contribution in [3.63, 3.8) is 0 Å².